The molecule has 1 nitrogen and oxygen atoms in total. The molecule has 1 atom stereocenters. The van der Waals surface area contributed by atoms with Gasteiger partial charge in [0, 0.05) is 11.3 Å². The molecule has 1 heterocycles. The Morgan fingerprint density at radius 2 is 2.23 bits per heavy atom. The van der Waals surface area contributed by atoms with E-state index in [2.05, 4.69) is 31.1 Å². The van der Waals surface area contributed by atoms with Crippen LogP contribution in [0.4, 0.5) is 0 Å². The summed E-state index contributed by atoms with van der Waals surface area (Å²) in [6.45, 7) is 6.69. The summed E-state index contributed by atoms with van der Waals surface area (Å²) in [7, 11) is 0. The van der Waals surface area contributed by atoms with Crippen LogP contribution in [0, 0.1) is 11.3 Å². The first-order valence-corrected chi connectivity index (χ1v) is 5.95. The molecule has 0 bridgehead atoms. The lowest BCUT2D eigenvalue weighted by molar-refractivity contribution is 0.262. The Morgan fingerprint density at radius 1 is 1.54 bits per heavy atom. The highest BCUT2D eigenvalue weighted by Gasteiger charge is 2.24. The number of hydrogen-bond donors (Lipinski definition) is 0. The summed E-state index contributed by atoms with van der Waals surface area (Å²) in [5.74, 6) is 1.22. The van der Waals surface area contributed by atoms with Crippen molar-refractivity contribution in [3.05, 3.63) is 16.6 Å². The van der Waals surface area contributed by atoms with Crippen LogP contribution in [0.25, 0.3) is 0 Å². The van der Waals surface area contributed by atoms with Gasteiger partial charge >= 0.3 is 0 Å². The normalized spacial score (nSPS) is 14.5. The molecule has 0 spiro atoms. The van der Waals surface area contributed by atoms with E-state index in [1.807, 2.05) is 5.51 Å². The van der Waals surface area contributed by atoms with Gasteiger partial charge in [-0.1, -0.05) is 20.8 Å². The minimum Gasteiger partial charge on any atom is -0.250 e. The first-order valence-electron chi connectivity index (χ1n) is 4.47. The SMILES string of the molecule is CC(C)(C)C(CCl)Cc1cscn1. The molecule has 0 aromatic carbocycles. The van der Waals surface area contributed by atoms with E-state index >= 15 is 0 Å². The number of rotatable bonds is 3. The molecule has 13 heavy (non-hydrogen) atoms. The Hall–Kier alpha value is -0.0800. The van der Waals surface area contributed by atoms with E-state index < -0.39 is 0 Å². The quantitative estimate of drug-likeness (QED) is 0.706. The maximum Gasteiger partial charge on any atom is 0.0794 e. The van der Waals surface area contributed by atoms with Crippen molar-refractivity contribution in [2.75, 3.05) is 5.88 Å². The molecule has 0 amide bonds. The molecule has 0 aliphatic heterocycles. The lowest BCUT2D eigenvalue weighted by Gasteiger charge is -2.28. The van der Waals surface area contributed by atoms with Gasteiger partial charge in [0.15, 0.2) is 0 Å². The number of aromatic nitrogens is 1. The second-order valence-corrected chi connectivity index (χ2v) is 5.43. The van der Waals surface area contributed by atoms with Gasteiger partial charge in [-0.25, -0.2) is 4.98 Å². The van der Waals surface area contributed by atoms with Crippen molar-refractivity contribution in [1.82, 2.24) is 4.98 Å². The highest BCUT2D eigenvalue weighted by molar-refractivity contribution is 7.07. The lowest BCUT2D eigenvalue weighted by Crippen LogP contribution is -2.24. The van der Waals surface area contributed by atoms with Crippen LogP contribution in [-0.4, -0.2) is 10.9 Å². The van der Waals surface area contributed by atoms with E-state index in [9.17, 15) is 0 Å². The van der Waals surface area contributed by atoms with Crippen molar-refractivity contribution in [2.45, 2.75) is 27.2 Å². The van der Waals surface area contributed by atoms with Gasteiger partial charge in [-0.05, 0) is 17.8 Å². The summed E-state index contributed by atoms with van der Waals surface area (Å²) in [5.41, 5.74) is 3.32. The molecule has 0 aliphatic carbocycles. The average molecular weight is 218 g/mol. The largest absolute Gasteiger partial charge is 0.250 e. The summed E-state index contributed by atoms with van der Waals surface area (Å²) in [6, 6.07) is 0. The topological polar surface area (TPSA) is 12.9 Å². The molecule has 74 valence electrons. The highest BCUT2D eigenvalue weighted by atomic mass is 35.5. The Morgan fingerprint density at radius 3 is 2.62 bits per heavy atom. The second kappa shape index (κ2) is 4.43. The summed E-state index contributed by atoms with van der Waals surface area (Å²) >= 11 is 7.59. The van der Waals surface area contributed by atoms with Crippen LogP contribution >= 0.6 is 22.9 Å². The van der Waals surface area contributed by atoms with Crippen LogP contribution in [0.3, 0.4) is 0 Å². The van der Waals surface area contributed by atoms with Crippen molar-refractivity contribution in [3.63, 3.8) is 0 Å². The van der Waals surface area contributed by atoms with Gasteiger partial charge in [-0.3, -0.25) is 0 Å². The minimum absolute atomic E-state index is 0.269. The molecule has 0 saturated carbocycles. The zero-order chi connectivity index (χ0) is 9.90. The zero-order valence-corrected chi connectivity index (χ0v) is 9.95. The molecule has 0 aliphatic rings. The fourth-order valence-corrected chi connectivity index (χ4v) is 2.33. The fraction of sp³-hybridized carbons (Fsp3) is 0.700. The number of hydrogen-bond acceptors (Lipinski definition) is 2. The fourth-order valence-electron chi connectivity index (χ4n) is 1.18. The van der Waals surface area contributed by atoms with E-state index in [4.69, 9.17) is 11.6 Å². The van der Waals surface area contributed by atoms with Crippen LogP contribution in [0.1, 0.15) is 26.5 Å². The monoisotopic (exact) mass is 217 g/mol. The molecule has 0 radical (unpaired) electrons. The number of halogens is 1. The minimum atomic E-state index is 0.269. The van der Waals surface area contributed by atoms with E-state index in [1.165, 1.54) is 5.69 Å². The van der Waals surface area contributed by atoms with E-state index in [0.717, 1.165) is 6.42 Å². The third-order valence-corrected chi connectivity index (χ3v) is 3.36. The molecule has 0 fully saturated rings. The van der Waals surface area contributed by atoms with Crippen LogP contribution in [0.5, 0.6) is 0 Å². The number of nitrogens with zero attached hydrogens (tertiary/aromatic N) is 1. The number of thiazole rings is 1. The molecule has 0 saturated heterocycles. The van der Waals surface area contributed by atoms with Gasteiger partial charge in [0.2, 0.25) is 0 Å². The van der Waals surface area contributed by atoms with Gasteiger partial charge in [-0.15, -0.1) is 22.9 Å². The molecule has 1 unspecified atom stereocenters. The average Bonchev–Trinajstić information content (AvgIpc) is 2.49. The Balaban J connectivity index is 2.60. The number of alkyl halides is 1. The summed E-state index contributed by atoms with van der Waals surface area (Å²) < 4.78 is 0. The van der Waals surface area contributed by atoms with Gasteiger partial charge in [0.25, 0.3) is 0 Å². The van der Waals surface area contributed by atoms with Crippen molar-refractivity contribution in [2.24, 2.45) is 11.3 Å². The summed E-state index contributed by atoms with van der Waals surface area (Å²) in [6.07, 6.45) is 0.997. The third-order valence-electron chi connectivity index (χ3n) is 2.35. The first kappa shape index (κ1) is 11.0. The Labute approximate surface area is 89.1 Å². The van der Waals surface area contributed by atoms with E-state index in [0.29, 0.717) is 11.8 Å². The maximum absolute atomic E-state index is 5.94. The smallest absolute Gasteiger partial charge is 0.0794 e. The van der Waals surface area contributed by atoms with Gasteiger partial charge in [-0.2, -0.15) is 0 Å². The van der Waals surface area contributed by atoms with Crippen molar-refractivity contribution < 1.29 is 0 Å². The molecular weight excluding hydrogens is 202 g/mol. The molecule has 1 aromatic heterocycles. The first-order chi connectivity index (χ1) is 6.04. The van der Waals surface area contributed by atoms with Gasteiger partial charge in [0.05, 0.1) is 11.2 Å². The van der Waals surface area contributed by atoms with Crippen molar-refractivity contribution in [1.29, 1.82) is 0 Å². The van der Waals surface area contributed by atoms with Crippen LogP contribution < -0.4 is 0 Å². The van der Waals surface area contributed by atoms with E-state index in [1.54, 1.807) is 11.3 Å². The molecular formula is C10H16ClNS. The Kier molecular flexibility index (Phi) is 3.74. The van der Waals surface area contributed by atoms with Crippen molar-refractivity contribution in [3.8, 4) is 0 Å². The van der Waals surface area contributed by atoms with Crippen molar-refractivity contribution >= 4 is 22.9 Å². The maximum atomic E-state index is 5.94. The standard InChI is InChI=1S/C10H16ClNS/c1-10(2,3)8(5-11)4-9-6-13-7-12-9/h6-8H,4-5H2,1-3H3. The summed E-state index contributed by atoms with van der Waals surface area (Å²) in [5, 5.41) is 2.10. The second-order valence-electron chi connectivity index (χ2n) is 4.40. The molecule has 3 heteroatoms. The van der Waals surface area contributed by atoms with E-state index in [-0.39, 0.29) is 5.41 Å². The lowest BCUT2D eigenvalue weighted by atomic mass is 9.79. The van der Waals surface area contributed by atoms with Crippen LogP contribution in [-0.2, 0) is 6.42 Å². The molecule has 0 N–H and O–H groups in total. The van der Waals surface area contributed by atoms with Crippen LogP contribution in [0.15, 0.2) is 10.9 Å². The van der Waals surface area contributed by atoms with Gasteiger partial charge in [0.1, 0.15) is 0 Å². The molecule has 1 aromatic rings. The van der Waals surface area contributed by atoms with Gasteiger partial charge < -0.3 is 0 Å². The zero-order valence-electron chi connectivity index (χ0n) is 8.38. The summed E-state index contributed by atoms with van der Waals surface area (Å²) in [4.78, 5) is 4.28. The van der Waals surface area contributed by atoms with Crippen LogP contribution in [0.2, 0.25) is 0 Å². The third kappa shape index (κ3) is 3.28. The Bertz CT molecular complexity index is 238. The molecule has 1 rings (SSSR count). The predicted octanol–water partition coefficient (Wildman–Crippen LogP) is 3.59. The predicted molar refractivity (Wildman–Crippen MR) is 59.5 cm³/mol. The highest BCUT2D eigenvalue weighted by Crippen LogP contribution is 2.29.